The number of hydrogen-bond donors (Lipinski definition) is 0. The molecule has 0 aromatic rings. The summed E-state index contributed by atoms with van der Waals surface area (Å²) in [5.41, 5.74) is 0.815. The van der Waals surface area contributed by atoms with Crippen molar-refractivity contribution in [2.24, 2.45) is 28.6 Å². The fourth-order valence-electron chi connectivity index (χ4n) is 6.70. The van der Waals surface area contributed by atoms with Crippen molar-refractivity contribution in [3.05, 3.63) is 0 Å². The van der Waals surface area contributed by atoms with Crippen molar-refractivity contribution in [1.82, 2.24) is 0 Å². The van der Waals surface area contributed by atoms with Crippen molar-refractivity contribution in [3.63, 3.8) is 0 Å². The third kappa shape index (κ3) is 1.31. The Kier molecular flexibility index (Phi) is 2.17. The third-order valence-corrected chi connectivity index (χ3v) is 7.52. The van der Waals surface area contributed by atoms with Gasteiger partial charge in [0.1, 0.15) is 5.60 Å². The molecule has 5 saturated carbocycles. The molecule has 0 amide bonds. The first kappa shape index (κ1) is 12.2. The van der Waals surface area contributed by atoms with Crippen LogP contribution in [0.2, 0.25) is 0 Å². The first-order valence-corrected chi connectivity index (χ1v) is 8.12. The van der Waals surface area contributed by atoms with Crippen LogP contribution in [0.3, 0.4) is 0 Å². The molecule has 19 heavy (non-hydrogen) atoms. The van der Waals surface area contributed by atoms with E-state index in [1.54, 1.807) is 6.92 Å². The molecule has 5 rings (SSSR count). The first-order chi connectivity index (χ1) is 8.92. The highest BCUT2D eigenvalue weighted by Crippen LogP contribution is 2.79. The molecule has 0 aromatic carbocycles. The van der Waals surface area contributed by atoms with Crippen LogP contribution >= 0.6 is 0 Å². The van der Waals surface area contributed by atoms with Gasteiger partial charge in [-0.15, -0.1) is 0 Å². The molecular formula is C17H26O2. The Hall–Kier alpha value is -0.530. The van der Waals surface area contributed by atoms with E-state index >= 15 is 0 Å². The summed E-state index contributed by atoms with van der Waals surface area (Å²) in [6, 6.07) is 0. The maximum atomic E-state index is 11.6. The highest BCUT2D eigenvalue weighted by Gasteiger charge is 2.72. The average Bonchev–Trinajstić information content (AvgIpc) is 2.41. The standard InChI is InChI=1S/C17H26O2/c1-4-15(3,19-11(2)18)17-7-12-5-16(6-12)8-13(9-17)14(16)10-17/h12-14H,4-10H2,1-3H3. The summed E-state index contributed by atoms with van der Waals surface area (Å²) < 4.78 is 5.90. The fraction of sp³-hybridized carbons (Fsp3) is 0.941. The minimum Gasteiger partial charge on any atom is -0.459 e. The van der Waals surface area contributed by atoms with Crippen LogP contribution in [0, 0.1) is 28.6 Å². The summed E-state index contributed by atoms with van der Waals surface area (Å²) in [6.07, 6.45) is 9.39. The topological polar surface area (TPSA) is 26.3 Å². The molecule has 5 fully saturated rings. The quantitative estimate of drug-likeness (QED) is 0.720. The predicted molar refractivity (Wildman–Crippen MR) is 73.5 cm³/mol. The molecular weight excluding hydrogens is 236 g/mol. The number of hydrogen-bond acceptors (Lipinski definition) is 2. The molecule has 4 bridgehead atoms. The van der Waals surface area contributed by atoms with Crippen molar-refractivity contribution in [3.8, 4) is 0 Å². The van der Waals surface area contributed by atoms with E-state index in [-0.39, 0.29) is 11.6 Å². The minimum atomic E-state index is -0.227. The van der Waals surface area contributed by atoms with E-state index in [9.17, 15) is 4.79 Å². The SMILES string of the molecule is CCC(C)(OC(C)=O)C12CC3CC4(C3)CC(C1)C4C2. The lowest BCUT2D eigenvalue weighted by molar-refractivity contribution is -0.180. The lowest BCUT2D eigenvalue weighted by atomic mass is 9.42. The molecule has 0 radical (unpaired) electrons. The van der Waals surface area contributed by atoms with Crippen LogP contribution in [-0.2, 0) is 9.53 Å². The predicted octanol–water partition coefficient (Wildman–Crippen LogP) is 3.93. The van der Waals surface area contributed by atoms with Gasteiger partial charge in [-0.25, -0.2) is 0 Å². The number of carbonyl (C=O) groups excluding carboxylic acids is 1. The van der Waals surface area contributed by atoms with E-state index in [0.29, 0.717) is 5.41 Å². The molecule has 2 heteroatoms. The summed E-state index contributed by atoms with van der Waals surface area (Å²) in [4.78, 5) is 11.6. The molecule has 4 unspecified atom stereocenters. The molecule has 1 spiro atoms. The Balaban J connectivity index is 1.70. The molecule has 106 valence electrons. The van der Waals surface area contributed by atoms with Gasteiger partial charge in [-0.05, 0) is 75.0 Å². The van der Waals surface area contributed by atoms with Crippen molar-refractivity contribution >= 4 is 5.97 Å². The van der Waals surface area contributed by atoms with Gasteiger partial charge in [0.2, 0.25) is 0 Å². The van der Waals surface area contributed by atoms with Crippen LogP contribution in [-0.4, -0.2) is 11.6 Å². The minimum absolute atomic E-state index is 0.0933. The van der Waals surface area contributed by atoms with Gasteiger partial charge < -0.3 is 4.74 Å². The maximum absolute atomic E-state index is 11.6. The zero-order valence-corrected chi connectivity index (χ0v) is 12.5. The molecule has 0 aliphatic heterocycles. The molecule has 0 saturated heterocycles. The normalized spacial score (nSPS) is 52.5. The Morgan fingerprint density at radius 1 is 1.21 bits per heavy atom. The van der Waals surface area contributed by atoms with Gasteiger partial charge in [0.15, 0.2) is 0 Å². The summed E-state index contributed by atoms with van der Waals surface area (Å²) in [7, 11) is 0. The number of carbonyl (C=O) groups is 1. The first-order valence-electron chi connectivity index (χ1n) is 8.12. The fourth-order valence-corrected chi connectivity index (χ4v) is 6.70. The van der Waals surface area contributed by atoms with Crippen LogP contribution in [0.15, 0.2) is 0 Å². The van der Waals surface area contributed by atoms with E-state index in [1.807, 2.05) is 0 Å². The number of esters is 1. The molecule has 0 heterocycles. The Morgan fingerprint density at radius 2 is 1.95 bits per heavy atom. The van der Waals surface area contributed by atoms with Gasteiger partial charge in [0.25, 0.3) is 0 Å². The van der Waals surface area contributed by atoms with Gasteiger partial charge >= 0.3 is 5.97 Å². The maximum Gasteiger partial charge on any atom is 0.303 e. The van der Waals surface area contributed by atoms with Crippen molar-refractivity contribution in [2.75, 3.05) is 0 Å². The Bertz CT molecular complexity index is 431. The lowest BCUT2D eigenvalue weighted by Crippen LogP contribution is -2.55. The van der Waals surface area contributed by atoms with Crippen LogP contribution in [0.5, 0.6) is 0 Å². The highest BCUT2D eigenvalue weighted by molar-refractivity contribution is 5.66. The smallest absolute Gasteiger partial charge is 0.303 e. The molecule has 0 N–H and O–H groups in total. The molecule has 5 aliphatic rings. The average molecular weight is 262 g/mol. The van der Waals surface area contributed by atoms with E-state index in [0.717, 1.165) is 29.6 Å². The van der Waals surface area contributed by atoms with E-state index in [4.69, 9.17) is 4.74 Å². The molecule has 5 aliphatic carbocycles. The second kappa shape index (κ2) is 3.38. The van der Waals surface area contributed by atoms with E-state index < -0.39 is 0 Å². The van der Waals surface area contributed by atoms with Crippen LogP contribution < -0.4 is 0 Å². The van der Waals surface area contributed by atoms with Crippen LogP contribution in [0.4, 0.5) is 0 Å². The molecule has 4 atom stereocenters. The lowest BCUT2D eigenvalue weighted by Gasteiger charge is -2.63. The van der Waals surface area contributed by atoms with E-state index in [2.05, 4.69) is 13.8 Å². The van der Waals surface area contributed by atoms with Gasteiger partial charge in [-0.3, -0.25) is 4.79 Å². The summed E-state index contributed by atoms with van der Waals surface area (Å²) in [5, 5.41) is 0. The van der Waals surface area contributed by atoms with Crippen molar-refractivity contribution in [1.29, 1.82) is 0 Å². The van der Waals surface area contributed by atoms with Gasteiger partial charge in [0, 0.05) is 12.3 Å². The van der Waals surface area contributed by atoms with Crippen LogP contribution in [0.25, 0.3) is 0 Å². The molecule has 0 aromatic heterocycles. The zero-order chi connectivity index (χ0) is 13.5. The van der Waals surface area contributed by atoms with E-state index in [1.165, 1.54) is 38.5 Å². The third-order valence-electron chi connectivity index (χ3n) is 7.52. The van der Waals surface area contributed by atoms with Gasteiger partial charge in [-0.2, -0.15) is 0 Å². The van der Waals surface area contributed by atoms with Gasteiger partial charge in [-0.1, -0.05) is 6.92 Å². The molecule has 2 nitrogen and oxygen atoms in total. The van der Waals surface area contributed by atoms with Crippen LogP contribution in [0.1, 0.15) is 65.7 Å². The Labute approximate surface area is 116 Å². The number of rotatable bonds is 3. The van der Waals surface area contributed by atoms with Gasteiger partial charge in [0.05, 0.1) is 0 Å². The highest BCUT2D eigenvalue weighted by atomic mass is 16.6. The number of ether oxygens (including phenoxy) is 1. The second-order valence-corrected chi connectivity index (χ2v) is 8.28. The summed E-state index contributed by atoms with van der Waals surface area (Å²) in [6.45, 7) is 5.99. The Morgan fingerprint density at radius 3 is 2.58 bits per heavy atom. The summed E-state index contributed by atoms with van der Waals surface area (Å²) >= 11 is 0. The second-order valence-electron chi connectivity index (χ2n) is 8.28. The van der Waals surface area contributed by atoms with Crippen molar-refractivity contribution in [2.45, 2.75) is 71.3 Å². The largest absolute Gasteiger partial charge is 0.459 e. The monoisotopic (exact) mass is 262 g/mol. The zero-order valence-electron chi connectivity index (χ0n) is 12.5. The van der Waals surface area contributed by atoms with Crippen molar-refractivity contribution < 1.29 is 9.53 Å². The summed E-state index contributed by atoms with van der Waals surface area (Å²) in [5.74, 6) is 2.74.